The number of aromatic nitrogens is 2. The van der Waals surface area contributed by atoms with Crippen molar-refractivity contribution in [1.82, 2.24) is 14.6 Å². The van der Waals surface area contributed by atoms with Crippen LogP contribution in [0, 0.1) is 5.92 Å². The molecule has 1 aliphatic heterocycles. The molecule has 1 fully saturated rings. The number of nitrogen functional groups attached to an aromatic ring is 1. The number of para-hydroxylation sites is 1. The lowest BCUT2D eigenvalue weighted by atomic mass is 10.00. The molecule has 3 rings (SSSR count). The summed E-state index contributed by atoms with van der Waals surface area (Å²) in [6, 6.07) is 8.33. The van der Waals surface area contributed by atoms with Gasteiger partial charge in [0.25, 0.3) is 0 Å². The first kappa shape index (κ1) is 27.8. The van der Waals surface area contributed by atoms with Crippen LogP contribution in [0.1, 0.15) is 27.0 Å². The fraction of sp³-hybridized carbons (Fsp3) is 0.500. The first-order valence-electron chi connectivity index (χ1n) is 11.2. The standard InChI is InChI=1S/C22H30FN4O8P/c1-13(2)33-21(29)14(3)26-36(31,35-15-7-5-4-6-8-15)32-12-17-16(11-23)19(28)20(34-17)27-10-9-18(24)25-22(27)30/h4-10,13-14,16-17,19-20,28H,11-12H2,1-3H3,(H,26,31)(H2,24,25,30)/t14-,16-,17-,19-,20-,36+/m1/s1. The number of aliphatic hydroxyl groups is 1. The molecule has 1 aliphatic rings. The van der Waals surface area contributed by atoms with Crippen LogP contribution in [0.5, 0.6) is 5.75 Å². The van der Waals surface area contributed by atoms with E-state index in [-0.39, 0.29) is 11.6 Å². The van der Waals surface area contributed by atoms with Crippen LogP contribution in [-0.2, 0) is 23.4 Å². The van der Waals surface area contributed by atoms with Crippen LogP contribution in [0.25, 0.3) is 0 Å². The van der Waals surface area contributed by atoms with Crippen LogP contribution in [0.4, 0.5) is 10.2 Å². The van der Waals surface area contributed by atoms with Crippen molar-refractivity contribution in [2.75, 3.05) is 19.0 Å². The number of alkyl halides is 1. The molecule has 0 spiro atoms. The van der Waals surface area contributed by atoms with E-state index in [9.17, 15) is 23.7 Å². The van der Waals surface area contributed by atoms with Gasteiger partial charge in [-0.15, -0.1) is 0 Å². The number of esters is 1. The Hall–Kier alpha value is -2.83. The highest BCUT2D eigenvalue weighted by atomic mass is 31.2. The molecule has 198 valence electrons. The van der Waals surface area contributed by atoms with Crippen molar-refractivity contribution in [1.29, 1.82) is 0 Å². The predicted molar refractivity (Wildman–Crippen MR) is 127 cm³/mol. The summed E-state index contributed by atoms with van der Waals surface area (Å²) in [5, 5.41) is 13.1. The number of anilines is 1. The first-order valence-corrected chi connectivity index (χ1v) is 12.8. The minimum atomic E-state index is -4.24. The van der Waals surface area contributed by atoms with Gasteiger partial charge in [0.05, 0.1) is 25.5 Å². The van der Waals surface area contributed by atoms with E-state index in [4.69, 9.17) is 24.3 Å². The van der Waals surface area contributed by atoms with Gasteiger partial charge in [0.15, 0.2) is 6.23 Å². The average Bonchev–Trinajstić information content (AvgIpc) is 3.13. The van der Waals surface area contributed by atoms with Crippen LogP contribution < -0.4 is 21.0 Å². The predicted octanol–water partition coefficient (Wildman–Crippen LogP) is 1.80. The molecule has 0 radical (unpaired) electrons. The summed E-state index contributed by atoms with van der Waals surface area (Å²) in [6.07, 6.45) is -2.97. The number of ether oxygens (including phenoxy) is 2. The zero-order chi connectivity index (χ0) is 26.5. The van der Waals surface area contributed by atoms with Gasteiger partial charge in [0.1, 0.15) is 23.7 Å². The highest BCUT2D eigenvalue weighted by molar-refractivity contribution is 7.52. The first-order chi connectivity index (χ1) is 17.0. The molecule has 1 saturated heterocycles. The van der Waals surface area contributed by atoms with Crippen molar-refractivity contribution in [2.45, 2.75) is 51.4 Å². The lowest BCUT2D eigenvalue weighted by Crippen LogP contribution is -2.37. The van der Waals surface area contributed by atoms with Crippen molar-refractivity contribution < 1.29 is 37.4 Å². The van der Waals surface area contributed by atoms with Gasteiger partial charge in [-0.25, -0.2) is 9.36 Å². The summed E-state index contributed by atoms with van der Waals surface area (Å²) < 4.78 is 50.4. The van der Waals surface area contributed by atoms with E-state index in [0.29, 0.717) is 0 Å². The molecule has 1 aromatic carbocycles. The molecule has 2 aromatic rings. The maximum atomic E-state index is 13.9. The fourth-order valence-electron chi connectivity index (χ4n) is 3.50. The Morgan fingerprint density at radius 3 is 2.61 bits per heavy atom. The van der Waals surface area contributed by atoms with Gasteiger partial charge >= 0.3 is 19.4 Å². The molecule has 1 aromatic heterocycles. The van der Waals surface area contributed by atoms with Crippen molar-refractivity contribution in [3.05, 3.63) is 53.1 Å². The Labute approximate surface area is 207 Å². The molecule has 0 aliphatic carbocycles. The van der Waals surface area contributed by atoms with E-state index < -0.39 is 69.2 Å². The zero-order valence-corrected chi connectivity index (χ0v) is 20.9. The smallest absolute Gasteiger partial charge is 0.459 e. The molecule has 0 saturated carbocycles. The van der Waals surface area contributed by atoms with Crippen LogP contribution in [0.15, 0.2) is 47.4 Å². The third-order valence-corrected chi connectivity index (χ3v) is 6.90. The molecule has 14 heteroatoms. The molecular formula is C22H30FN4O8P. The Morgan fingerprint density at radius 1 is 1.31 bits per heavy atom. The SMILES string of the molecule is CC(C)OC(=O)[C@@H](C)N[P@](=O)(OC[C@H]1O[C@@H](n2ccc(N)nc2=O)[C@H](O)[C@@H]1CF)Oc1ccccc1. The van der Waals surface area contributed by atoms with Crippen molar-refractivity contribution >= 4 is 19.5 Å². The lowest BCUT2D eigenvalue weighted by molar-refractivity contribution is -0.149. The van der Waals surface area contributed by atoms with Gasteiger partial charge in [0.2, 0.25) is 0 Å². The minimum Gasteiger partial charge on any atom is -0.462 e. The van der Waals surface area contributed by atoms with Gasteiger partial charge in [-0.1, -0.05) is 18.2 Å². The number of benzene rings is 1. The quantitative estimate of drug-likeness (QED) is 0.288. The molecule has 4 N–H and O–H groups in total. The topological polar surface area (TPSA) is 164 Å². The highest BCUT2D eigenvalue weighted by Gasteiger charge is 2.46. The molecule has 0 unspecified atom stereocenters. The van der Waals surface area contributed by atoms with Crippen molar-refractivity contribution in [2.24, 2.45) is 5.92 Å². The van der Waals surface area contributed by atoms with E-state index in [1.807, 2.05) is 0 Å². The Balaban J connectivity index is 1.78. The molecular weight excluding hydrogens is 498 g/mol. The lowest BCUT2D eigenvalue weighted by Gasteiger charge is -2.25. The second-order valence-corrected chi connectivity index (χ2v) is 10.1. The maximum Gasteiger partial charge on any atom is 0.459 e. The number of hydrogen-bond donors (Lipinski definition) is 3. The van der Waals surface area contributed by atoms with Gasteiger partial charge < -0.3 is 24.8 Å². The molecule has 0 amide bonds. The number of nitrogens with one attached hydrogen (secondary N) is 1. The van der Waals surface area contributed by atoms with Crippen LogP contribution in [0.3, 0.4) is 0 Å². The summed E-state index contributed by atoms with van der Waals surface area (Å²) in [7, 11) is -4.24. The van der Waals surface area contributed by atoms with E-state index in [2.05, 4.69) is 10.1 Å². The van der Waals surface area contributed by atoms with E-state index in [0.717, 1.165) is 4.57 Å². The van der Waals surface area contributed by atoms with E-state index >= 15 is 0 Å². The summed E-state index contributed by atoms with van der Waals surface area (Å²) >= 11 is 0. The summed E-state index contributed by atoms with van der Waals surface area (Å²) in [5.41, 5.74) is 4.70. The summed E-state index contributed by atoms with van der Waals surface area (Å²) in [5.74, 6) is -1.65. The van der Waals surface area contributed by atoms with E-state index in [1.54, 1.807) is 32.0 Å². The third kappa shape index (κ3) is 6.89. The second-order valence-electron chi connectivity index (χ2n) is 8.45. The normalized spacial score (nSPS) is 24.3. The second kappa shape index (κ2) is 11.9. The summed E-state index contributed by atoms with van der Waals surface area (Å²) in [4.78, 5) is 28.0. The number of nitrogens with two attached hydrogens (primary N) is 1. The minimum absolute atomic E-state index is 0.0270. The Bertz CT molecular complexity index is 1130. The van der Waals surface area contributed by atoms with Crippen LogP contribution in [-0.4, -0.2) is 58.3 Å². The zero-order valence-electron chi connectivity index (χ0n) is 20.0. The number of nitrogens with zero attached hydrogens (tertiary/aromatic N) is 2. The van der Waals surface area contributed by atoms with E-state index in [1.165, 1.54) is 31.3 Å². The average molecular weight is 528 g/mol. The van der Waals surface area contributed by atoms with Gasteiger partial charge in [0, 0.05) is 12.1 Å². The monoisotopic (exact) mass is 528 g/mol. The molecule has 36 heavy (non-hydrogen) atoms. The Morgan fingerprint density at radius 2 is 2.00 bits per heavy atom. The van der Waals surface area contributed by atoms with Crippen LogP contribution in [0.2, 0.25) is 0 Å². The Kier molecular flexibility index (Phi) is 9.20. The summed E-state index contributed by atoms with van der Waals surface area (Å²) in [6.45, 7) is 3.24. The number of halogens is 1. The van der Waals surface area contributed by atoms with Crippen LogP contribution >= 0.6 is 7.75 Å². The maximum absolute atomic E-state index is 13.9. The fourth-order valence-corrected chi connectivity index (χ4v) is 5.00. The van der Waals surface area contributed by atoms with Gasteiger partial charge in [-0.3, -0.25) is 18.3 Å². The van der Waals surface area contributed by atoms with Gasteiger partial charge in [-0.2, -0.15) is 10.1 Å². The van der Waals surface area contributed by atoms with Crippen molar-refractivity contribution in [3.63, 3.8) is 0 Å². The largest absolute Gasteiger partial charge is 0.462 e. The molecule has 6 atom stereocenters. The number of carbonyl (C=O) groups excluding carboxylic acids is 1. The molecule has 12 nitrogen and oxygen atoms in total. The third-order valence-electron chi connectivity index (χ3n) is 5.26. The number of aliphatic hydroxyl groups excluding tert-OH is 1. The molecule has 0 bridgehead atoms. The van der Waals surface area contributed by atoms with Gasteiger partial charge in [-0.05, 0) is 39.0 Å². The van der Waals surface area contributed by atoms with Crippen molar-refractivity contribution in [3.8, 4) is 5.75 Å². The highest BCUT2D eigenvalue weighted by Crippen LogP contribution is 2.46. The molecule has 2 heterocycles. The number of hydrogen-bond acceptors (Lipinski definition) is 10. The number of rotatable bonds is 11. The number of carbonyl (C=O) groups is 1.